The molecule has 0 rings (SSSR count). The van der Waals surface area contributed by atoms with Crippen molar-refractivity contribution in [3.05, 3.63) is 11.8 Å². The lowest BCUT2D eigenvalue weighted by Crippen LogP contribution is -2.39. The lowest BCUT2D eigenvalue weighted by molar-refractivity contribution is 0.362. The molecule has 0 saturated heterocycles. The average Bonchev–Trinajstić information content (AvgIpc) is 2.02. The summed E-state index contributed by atoms with van der Waals surface area (Å²) in [4.78, 5) is 0. The van der Waals surface area contributed by atoms with E-state index in [4.69, 9.17) is 0 Å². The Morgan fingerprint density at radius 3 is 2.08 bits per heavy atom. The van der Waals surface area contributed by atoms with E-state index in [1.807, 2.05) is 0 Å². The van der Waals surface area contributed by atoms with Gasteiger partial charge >= 0.3 is 0 Å². The Bertz CT molecular complexity index is 164. The van der Waals surface area contributed by atoms with E-state index in [9.17, 15) is 0 Å². The summed E-state index contributed by atoms with van der Waals surface area (Å²) in [7, 11) is 0. The lowest BCUT2D eigenvalue weighted by atomic mass is 9.95. The van der Waals surface area contributed by atoms with Crippen molar-refractivity contribution in [2.75, 3.05) is 0 Å². The Morgan fingerprint density at radius 1 is 1.31 bits per heavy atom. The van der Waals surface area contributed by atoms with Crippen molar-refractivity contribution >= 4 is 0 Å². The molecule has 0 amide bonds. The Labute approximate surface area is 83.6 Å². The number of hydrogen-bond donors (Lipinski definition) is 1. The number of allylic oxidation sites excluding steroid dienone is 2. The van der Waals surface area contributed by atoms with Gasteiger partial charge in [0, 0.05) is 11.2 Å². The van der Waals surface area contributed by atoms with Gasteiger partial charge in [-0.05, 0) is 32.6 Å². The van der Waals surface area contributed by atoms with Crippen LogP contribution >= 0.6 is 0 Å². The second kappa shape index (κ2) is 5.31. The number of nitrogens with one attached hydrogen (secondary N) is 1. The topological polar surface area (TPSA) is 12.0 Å². The minimum absolute atomic E-state index is 0.273. The standard InChI is InChI=1S/C12H25N/c1-7-12(6,8-2)13-11(5)9-10(3)4/h9-10,13H,7-8H2,1-6H3/b11-9+. The van der Waals surface area contributed by atoms with Gasteiger partial charge in [0.2, 0.25) is 0 Å². The molecule has 13 heavy (non-hydrogen) atoms. The Kier molecular flexibility index (Phi) is 5.12. The molecule has 0 saturated carbocycles. The van der Waals surface area contributed by atoms with Gasteiger partial charge < -0.3 is 5.32 Å². The van der Waals surface area contributed by atoms with Gasteiger partial charge in [0.05, 0.1) is 0 Å². The van der Waals surface area contributed by atoms with Crippen molar-refractivity contribution in [1.29, 1.82) is 0 Å². The summed E-state index contributed by atoms with van der Waals surface area (Å²) in [5, 5.41) is 3.59. The van der Waals surface area contributed by atoms with E-state index in [2.05, 4.69) is 52.9 Å². The zero-order chi connectivity index (χ0) is 10.5. The summed E-state index contributed by atoms with van der Waals surface area (Å²) in [5.41, 5.74) is 1.58. The van der Waals surface area contributed by atoms with E-state index in [-0.39, 0.29) is 5.54 Å². The molecule has 0 atom stereocenters. The molecule has 1 nitrogen and oxygen atoms in total. The highest BCUT2D eigenvalue weighted by molar-refractivity contribution is 5.02. The van der Waals surface area contributed by atoms with Crippen LogP contribution in [0, 0.1) is 5.92 Å². The van der Waals surface area contributed by atoms with Crippen LogP contribution in [0.15, 0.2) is 11.8 Å². The maximum absolute atomic E-state index is 3.59. The van der Waals surface area contributed by atoms with Crippen LogP contribution in [0.25, 0.3) is 0 Å². The van der Waals surface area contributed by atoms with Crippen LogP contribution in [-0.2, 0) is 0 Å². The average molecular weight is 183 g/mol. The van der Waals surface area contributed by atoms with E-state index in [0.717, 1.165) is 0 Å². The Morgan fingerprint density at radius 2 is 1.77 bits per heavy atom. The third-order valence-corrected chi connectivity index (χ3v) is 2.64. The second-order valence-corrected chi connectivity index (χ2v) is 4.49. The first-order valence-corrected chi connectivity index (χ1v) is 5.40. The maximum atomic E-state index is 3.59. The molecule has 0 radical (unpaired) electrons. The normalized spacial score (nSPS) is 13.6. The van der Waals surface area contributed by atoms with E-state index in [1.54, 1.807) is 0 Å². The molecular formula is C12H25N. The molecule has 0 aromatic heterocycles. The minimum atomic E-state index is 0.273. The van der Waals surface area contributed by atoms with E-state index in [0.29, 0.717) is 5.92 Å². The van der Waals surface area contributed by atoms with E-state index >= 15 is 0 Å². The monoisotopic (exact) mass is 183 g/mol. The Hall–Kier alpha value is -0.460. The molecule has 0 aromatic carbocycles. The van der Waals surface area contributed by atoms with Gasteiger partial charge in [0.25, 0.3) is 0 Å². The van der Waals surface area contributed by atoms with Gasteiger partial charge in [0.15, 0.2) is 0 Å². The van der Waals surface area contributed by atoms with Crippen LogP contribution in [0.3, 0.4) is 0 Å². The fourth-order valence-electron chi connectivity index (χ4n) is 1.44. The van der Waals surface area contributed by atoms with Crippen LogP contribution in [0.2, 0.25) is 0 Å². The van der Waals surface area contributed by atoms with Crippen molar-refractivity contribution < 1.29 is 0 Å². The molecule has 0 aliphatic rings. The van der Waals surface area contributed by atoms with Crippen LogP contribution < -0.4 is 5.32 Å². The highest BCUT2D eigenvalue weighted by atomic mass is 15.0. The fraction of sp³-hybridized carbons (Fsp3) is 0.833. The highest BCUT2D eigenvalue weighted by Gasteiger charge is 2.18. The second-order valence-electron chi connectivity index (χ2n) is 4.49. The summed E-state index contributed by atoms with van der Waals surface area (Å²) < 4.78 is 0. The summed E-state index contributed by atoms with van der Waals surface area (Å²) >= 11 is 0. The highest BCUT2D eigenvalue weighted by Crippen LogP contribution is 2.15. The molecule has 78 valence electrons. The summed E-state index contributed by atoms with van der Waals surface area (Å²) in [6.45, 7) is 13.3. The van der Waals surface area contributed by atoms with Crippen molar-refractivity contribution in [2.45, 2.75) is 59.9 Å². The predicted molar refractivity (Wildman–Crippen MR) is 60.7 cm³/mol. The largest absolute Gasteiger partial charge is 0.384 e. The molecule has 0 aromatic rings. The van der Waals surface area contributed by atoms with Crippen molar-refractivity contribution in [1.82, 2.24) is 5.32 Å². The number of rotatable bonds is 5. The van der Waals surface area contributed by atoms with Crippen LogP contribution in [0.5, 0.6) is 0 Å². The molecule has 1 N–H and O–H groups in total. The predicted octanol–water partition coefficient (Wildman–Crippen LogP) is 3.71. The third-order valence-electron chi connectivity index (χ3n) is 2.64. The first-order chi connectivity index (χ1) is 5.93. The molecule has 0 aliphatic heterocycles. The molecule has 0 heterocycles. The van der Waals surface area contributed by atoms with Crippen LogP contribution in [0.1, 0.15) is 54.4 Å². The van der Waals surface area contributed by atoms with Gasteiger partial charge in [-0.2, -0.15) is 0 Å². The SMILES string of the molecule is CCC(C)(CC)N/C(C)=C/C(C)C. The van der Waals surface area contributed by atoms with Crippen molar-refractivity contribution in [3.8, 4) is 0 Å². The molecule has 0 aliphatic carbocycles. The summed E-state index contributed by atoms with van der Waals surface area (Å²) in [5.74, 6) is 0.630. The van der Waals surface area contributed by atoms with Gasteiger partial charge in [0.1, 0.15) is 0 Å². The first kappa shape index (κ1) is 12.5. The van der Waals surface area contributed by atoms with Gasteiger partial charge in [-0.25, -0.2) is 0 Å². The van der Waals surface area contributed by atoms with E-state index < -0.39 is 0 Å². The van der Waals surface area contributed by atoms with Crippen LogP contribution in [0.4, 0.5) is 0 Å². The van der Waals surface area contributed by atoms with Crippen LogP contribution in [-0.4, -0.2) is 5.54 Å². The lowest BCUT2D eigenvalue weighted by Gasteiger charge is -2.30. The molecule has 0 unspecified atom stereocenters. The molecule has 0 fully saturated rings. The van der Waals surface area contributed by atoms with E-state index in [1.165, 1.54) is 18.5 Å². The molecule has 0 spiro atoms. The fourth-order valence-corrected chi connectivity index (χ4v) is 1.44. The quantitative estimate of drug-likeness (QED) is 0.685. The van der Waals surface area contributed by atoms with Crippen molar-refractivity contribution in [2.24, 2.45) is 5.92 Å². The van der Waals surface area contributed by atoms with Gasteiger partial charge in [-0.3, -0.25) is 0 Å². The zero-order valence-electron chi connectivity index (χ0n) is 10.1. The molecule has 0 bridgehead atoms. The zero-order valence-corrected chi connectivity index (χ0v) is 10.1. The Balaban J connectivity index is 4.24. The summed E-state index contributed by atoms with van der Waals surface area (Å²) in [6, 6.07) is 0. The van der Waals surface area contributed by atoms with Gasteiger partial charge in [-0.15, -0.1) is 0 Å². The molecular weight excluding hydrogens is 158 g/mol. The smallest absolute Gasteiger partial charge is 0.0337 e. The number of hydrogen-bond acceptors (Lipinski definition) is 1. The maximum Gasteiger partial charge on any atom is 0.0337 e. The van der Waals surface area contributed by atoms with Gasteiger partial charge in [-0.1, -0.05) is 33.8 Å². The van der Waals surface area contributed by atoms with Crippen molar-refractivity contribution in [3.63, 3.8) is 0 Å². The first-order valence-electron chi connectivity index (χ1n) is 5.40. The molecule has 1 heteroatoms. The summed E-state index contributed by atoms with van der Waals surface area (Å²) in [6.07, 6.45) is 4.63. The third kappa shape index (κ3) is 4.97. The minimum Gasteiger partial charge on any atom is -0.384 e.